The summed E-state index contributed by atoms with van der Waals surface area (Å²) in [4.78, 5) is 26.2. The third-order valence-electron chi connectivity index (χ3n) is 6.15. The number of esters is 1. The summed E-state index contributed by atoms with van der Waals surface area (Å²) in [7, 11) is 3.26. The van der Waals surface area contributed by atoms with E-state index >= 15 is 0 Å². The first-order valence-corrected chi connectivity index (χ1v) is 11.5. The minimum atomic E-state index is -0.788. The van der Waals surface area contributed by atoms with Crippen LogP contribution in [0.4, 0.5) is 15.8 Å². The van der Waals surface area contributed by atoms with Crippen molar-refractivity contribution in [2.24, 2.45) is 0 Å². The molecule has 0 atom stereocenters. The lowest BCUT2D eigenvalue weighted by molar-refractivity contribution is -0.131. The highest BCUT2D eigenvalue weighted by Gasteiger charge is 2.38. The number of halogens is 1. The van der Waals surface area contributed by atoms with Crippen LogP contribution in [0.25, 0.3) is 11.1 Å². The molecule has 1 heterocycles. The van der Waals surface area contributed by atoms with Crippen molar-refractivity contribution in [3.63, 3.8) is 0 Å². The van der Waals surface area contributed by atoms with Crippen molar-refractivity contribution in [1.82, 2.24) is 0 Å². The number of amides is 1. The number of likely N-dealkylation sites (N-methyl/N-ethyl adjacent to an activating group) is 1. The fraction of sp³-hybridized carbons (Fsp3) is 0.286. The molecule has 0 saturated heterocycles. The van der Waals surface area contributed by atoms with Gasteiger partial charge in [-0.3, -0.25) is 9.59 Å². The Morgan fingerprint density at radius 1 is 1.06 bits per heavy atom. The Balaban J connectivity index is 1.87. The summed E-state index contributed by atoms with van der Waals surface area (Å²) in [5.74, 6) is 0.303. The first-order chi connectivity index (χ1) is 17.0. The highest BCUT2D eigenvalue weighted by Crippen LogP contribution is 2.45. The van der Waals surface area contributed by atoms with E-state index in [1.54, 1.807) is 36.2 Å². The second-order valence-corrected chi connectivity index (χ2v) is 9.26. The van der Waals surface area contributed by atoms with Crippen LogP contribution in [0.3, 0.4) is 0 Å². The van der Waals surface area contributed by atoms with Crippen LogP contribution in [0.1, 0.15) is 31.9 Å². The number of carbonyl (C=O) groups excluding carboxylic acids is 2. The van der Waals surface area contributed by atoms with Crippen LogP contribution in [0, 0.1) is 12.7 Å². The molecule has 36 heavy (non-hydrogen) atoms. The summed E-state index contributed by atoms with van der Waals surface area (Å²) in [5, 5.41) is 3.32. The third-order valence-corrected chi connectivity index (χ3v) is 6.15. The van der Waals surface area contributed by atoms with E-state index in [2.05, 4.69) is 5.32 Å². The van der Waals surface area contributed by atoms with E-state index in [1.165, 1.54) is 26.2 Å². The van der Waals surface area contributed by atoms with Crippen molar-refractivity contribution in [2.45, 2.75) is 39.8 Å². The van der Waals surface area contributed by atoms with E-state index in [9.17, 15) is 14.0 Å². The van der Waals surface area contributed by atoms with Gasteiger partial charge in [-0.25, -0.2) is 4.39 Å². The lowest BCUT2D eigenvalue weighted by Crippen LogP contribution is -2.52. The second-order valence-electron chi connectivity index (χ2n) is 9.26. The summed E-state index contributed by atoms with van der Waals surface area (Å²) < 4.78 is 30.9. The number of nitrogens with one attached hydrogen (secondary N) is 1. The van der Waals surface area contributed by atoms with Crippen LogP contribution >= 0.6 is 0 Å². The average Bonchev–Trinajstić information content (AvgIpc) is 2.82. The van der Waals surface area contributed by atoms with Gasteiger partial charge in [0.15, 0.2) is 0 Å². The number of anilines is 2. The van der Waals surface area contributed by atoms with E-state index in [4.69, 9.17) is 14.2 Å². The maximum atomic E-state index is 13.9. The van der Waals surface area contributed by atoms with Gasteiger partial charge in [0, 0.05) is 37.2 Å². The molecule has 3 aromatic carbocycles. The largest absolute Gasteiger partial charge is 0.496 e. The Bertz CT molecular complexity index is 1350. The van der Waals surface area contributed by atoms with E-state index in [0.29, 0.717) is 28.5 Å². The predicted molar refractivity (Wildman–Crippen MR) is 136 cm³/mol. The van der Waals surface area contributed by atoms with Crippen molar-refractivity contribution >= 4 is 23.3 Å². The molecule has 0 bridgehead atoms. The Hall–Kier alpha value is -4.07. The number of rotatable bonds is 6. The van der Waals surface area contributed by atoms with Crippen molar-refractivity contribution in [2.75, 3.05) is 24.4 Å². The number of hydrogen-bond acceptors (Lipinski definition) is 6. The van der Waals surface area contributed by atoms with Gasteiger partial charge in [-0.2, -0.15) is 0 Å². The zero-order valence-corrected chi connectivity index (χ0v) is 21.2. The summed E-state index contributed by atoms with van der Waals surface area (Å²) in [6, 6.07) is 13.3. The molecule has 1 amide bonds. The molecule has 1 N–H and O–H groups in total. The molecule has 0 radical (unpaired) electrons. The van der Waals surface area contributed by atoms with E-state index in [1.807, 2.05) is 32.9 Å². The molecule has 0 aliphatic carbocycles. The number of hydrogen-bond donors (Lipinski definition) is 1. The highest BCUT2D eigenvalue weighted by molar-refractivity contribution is 6.08. The van der Waals surface area contributed by atoms with E-state index < -0.39 is 17.3 Å². The quantitative estimate of drug-likeness (QED) is 0.363. The molecule has 0 fully saturated rings. The maximum Gasteiger partial charge on any atom is 0.308 e. The van der Waals surface area contributed by atoms with Gasteiger partial charge < -0.3 is 24.4 Å². The topological polar surface area (TPSA) is 77.1 Å². The van der Waals surface area contributed by atoms with Gasteiger partial charge in [0.2, 0.25) is 0 Å². The molecular formula is C28H29FN2O5. The molecule has 0 unspecified atom stereocenters. The molecule has 0 aromatic heterocycles. The highest BCUT2D eigenvalue weighted by atomic mass is 19.1. The van der Waals surface area contributed by atoms with Gasteiger partial charge >= 0.3 is 5.97 Å². The fourth-order valence-electron chi connectivity index (χ4n) is 4.43. The molecule has 0 spiro atoms. The Kier molecular flexibility index (Phi) is 6.63. The fourth-order valence-corrected chi connectivity index (χ4v) is 4.43. The lowest BCUT2D eigenvalue weighted by Gasteiger charge is -2.39. The molecule has 4 rings (SSSR count). The van der Waals surface area contributed by atoms with Gasteiger partial charge in [-0.15, -0.1) is 0 Å². The molecule has 1 aliphatic heterocycles. The number of carbonyl (C=O) groups is 2. The summed E-state index contributed by atoms with van der Waals surface area (Å²) in [6.07, 6.45) is 0. The van der Waals surface area contributed by atoms with Crippen LogP contribution < -0.4 is 24.4 Å². The normalized spacial score (nSPS) is 14.1. The van der Waals surface area contributed by atoms with Crippen molar-refractivity contribution in [1.29, 1.82) is 0 Å². The minimum absolute atomic E-state index is 0.0668. The molecule has 188 valence electrons. The zero-order valence-electron chi connectivity index (χ0n) is 21.2. The first-order valence-electron chi connectivity index (χ1n) is 11.5. The number of methoxy groups -OCH3 is 1. The monoisotopic (exact) mass is 492 g/mol. The van der Waals surface area contributed by atoms with Crippen LogP contribution in [-0.4, -0.2) is 31.6 Å². The Labute approximate surface area is 209 Å². The third kappa shape index (κ3) is 4.71. The standard InChI is InChI=1S/C28H29FN2O5/c1-16-7-8-18(29)13-24(16)35-15-22-20(21-10-9-19(36-17(2)32)14-25(21)34-6)11-12-23-26(22)31(5)27(33)28(3,4)30-23/h7-14,30H,15H2,1-6H3. The van der Waals surface area contributed by atoms with Gasteiger partial charge in [-0.05, 0) is 56.2 Å². The van der Waals surface area contributed by atoms with Crippen LogP contribution in [0.15, 0.2) is 48.5 Å². The first kappa shape index (κ1) is 25.0. The second kappa shape index (κ2) is 9.53. The van der Waals surface area contributed by atoms with Crippen molar-refractivity contribution < 1.29 is 28.2 Å². The molecule has 8 heteroatoms. The van der Waals surface area contributed by atoms with Gasteiger partial charge in [0.05, 0.1) is 18.5 Å². The van der Waals surface area contributed by atoms with Crippen LogP contribution in [-0.2, 0) is 16.2 Å². The van der Waals surface area contributed by atoms with Crippen molar-refractivity contribution in [3.8, 4) is 28.4 Å². The summed E-state index contributed by atoms with van der Waals surface area (Å²) >= 11 is 0. The summed E-state index contributed by atoms with van der Waals surface area (Å²) in [6.45, 7) is 6.89. The van der Waals surface area contributed by atoms with Crippen molar-refractivity contribution in [3.05, 3.63) is 65.5 Å². The molecule has 7 nitrogen and oxygen atoms in total. The Morgan fingerprint density at radius 2 is 1.78 bits per heavy atom. The van der Waals surface area contributed by atoms with Crippen LogP contribution in [0.2, 0.25) is 0 Å². The zero-order chi connectivity index (χ0) is 26.2. The SMILES string of the molecule is COc1cc(OC(C)=O)ccc1-c1ccc2c(c1COc1cc(F)ccc1C)N(C)C(=O)C(C)(C)N2. The Morgan fingerprint density at radius 3 is 2.47 bits per heavy atom. The molecule has 0 saturated carbocycles. The minimum Gasteiger partial charge on any atom is -0.496 e. The van der Waals surface area contributed by atoms with E-state index in [0.717, 1.165) is 22.4 Å². The summed E-state index contributed by atoms with van der Waals surface area (Å²) in [5.41, 5.74) is 3.63. The number of benzene rings is 3. The molecule has 3 aromatic rings. The van der Waals surface area contributed by atoms with Gasteiger partial charge in [0.1, 0.15) is 35.2 Å². The lowest BCUT2D eigenvalue weighted by atomic mass is 9.91. The maximum absolute atomic E-state index is 13.9. The van der Waals surface area contributed by atoms with Gasteiger partial charge in [0.25, 0.3) is 5.91 Å². The molecular weight excluding hydrogens is 463 g/mol. The smallest absolute Gasteiger partial charge is 0.308 e. The predicted octanol–water partition coefficient (Wildman–Crippen LogP) is 5.48. The number of ether oxygens (including phenoxy) is 3. The molecule has 1 aliphatic rings. The number of nitrogens with zero attached hydrogens (tertiary/aromatic N) is 1. The van der Waals surface area contributed by atoms with E-state index in [-0.39, 0.29) is 12.5 Å². The number of fused-ring (bicyclic) bond motifs is 1. The average molecular weight is 493 g/mol. The van der Waals surface area contributed by atoms with Crippen LogP contribution in [0.5, 0.6) is 17.2 Å². The number of aryl methyl sites for hydroxylation is 1. The van der Waals surface area contributed by atoms with Gasteiger partial charge in [-0.1, -0.05) is 12.1 Å².